The minimum atomic E-state index is -4.38. The first kappa shape index (κ1) is 12.2. The summed E-state index contributed by atoms with van der Waals surface area (Å²) >= 11 is 2.08. The van der Waals surface area contributed by atoms with E-state index in [-0.39, 0.29) is 6.42 Å². The zero-order valence-corrected chi connectivity index (χ0v) is 8.66. The third-order valence-electron chi connectivity index (χ3n) is 1.36. The van der Waals surface area contributed by atoms with Crippen LogP contribution in [0.2, 0.25) is 0 Å². The molecule has 0 aromatic rings. The largest absolute Gasteiger partial charge is 0.748 e. The molecule has 0 aromatic carbocycles. The van der Waals surface area contributed by atoms with E-state index in [1.54, 1.807) is 0 Å². The molecule has 0 amide bonds. The Morgan fingerprint density at radius 3 is 2.25 bits per heavy atom. The molecule has 0 N–H and O–H groups in total. The molecule has 0 saturated heterocycles. The molecule has 7 heteroatoms. The number of halogens is 3. The van der Waals surface area contributed by atoms with Crippen molar-refractivity contribution >= 4 is 26.0 Å². The molecule has 0 fully saturated rings. The molecule has 0 heterocycles. The standard InChI is InChI=1S/C5H9BrF2O3S/c1-4(5(6,7)8)2-3-12(9,10)11/h4H,2-3H2,1H3,(H,9,10,11)/p-1. The van der Waals surface area contributed by atoms with Gasteiger partial charge in [0, 0.05) is 11.7 Å². The predicted molar refractivity (Wildman–Crippen MR) is 42.2 cm³/mol. The van der Waals surface area contributed by atoms with E-state index < -0.39 is 26.6 Å². The SMILES string of the molecule is CC(CCS(=O)(=O)[O-])C(F)(F)Br. The lowest BCUT2D eigenvalue weighted by Gasteiger charge is -2.17. The Bertz CT molecular complexity index is 234. The highest BCUT2D eigenvalue weighted by Crippen LogP contribution is 2.33. The van der Waals surface area contributed by atoms with Gasteiger partial charge in [0.25, 0.3) is 0 Å². The van der Waals surface area contributed by atoms with Crippen LogP contribution in [-0.4, -0.2) is 23.6 Å². The molecule has 0 aliphatic carbocycles. The van der Waals surface area contributed by atoms with Gasteiger partial charge in [0.2, 0.25) is 0 Å². The molecule has 0 saturated carbocycles. The number of hydrogen-bond donors (Lipinski definition) is 0. The molecule has 1 atom stereocenters. The van der Waals surface area contributed by atoms with Crippen molar-refractivity contribution in [3.63, 3.8) is 0 Å². The molecule has 0 bridgehead atoms. The molecular formula is C5H8BrF2O3S-. The van der Waals surface area contributed by atoms with Crippen LogP contribution in [0, 0.1) is 5.92 Å². The van der Waals surface area contributed by atoms with Crippen molar-refractivity contribution < 1.29 is 21.8 Å². The maximum Gasteiger partial charge on any atom is 0.303 e. The van der Waals surface area contributed by atoms with Crippen molar-refractivity contribution in [2.45, 2.75) is 18.2 Å². The number of alkyl halides is 3. The van der Waals surface area contributed by atoms with E-state index in [1.165, 1.54) is 6.92 Å². The summed E-state index contributed by atoms with van der Waals surface area (Å²) in [5.41, 5.74) is 0. The van der Waals surface area contributed by atoms with Crippen molar-refractivity contribution in [2.24, 2.45) is 5.92 Å². The molecule has 0 spiro atoms. The second kappa shape index (κ2) is 3.97. The highest BCUT2D eigenvalue weighted by atomic mass is 79.9. The molecule has 0 rings (SSSR count). The summed E-state index contributed by atoms with van der Waals surface area (Å²) < 4.78 is 54.8. The van der Waals surface area contributed by atoms with Gasteiger partial charge in [0.15, 0.2) is 0 Å². The quantitative estimate of drug-likeness (QED) is 0.573. The first-order chi connectivity index (χ1) is 5.13. The average molecular weight is 266 g/mol. The summed E-state index contributed by atoms with van der Waals surface area (Å²) in [6.07, 6.45) is -0.343. The van der Waals surface area contributed by atoms with E-state index in [1.807, 2.05) is 0 Å². The van der Waals surface area contributed by atoms with Crippen molar-refractivity contribution in [3.05, 3.63) is 0 Å². The minimum Gasteiger partial charge on any atom is -0.748 e. The number of hydrogen-bond acceptors (Lipinski definition) is 3. The number of rotatable bonds is 4. The zero-order valence-electron chi connectivity index (χ0n) is 6.26. The first-order valence-electron chi connectivity index (χ1n) is 3.13. The van der Waals surface area contributed by atoms with E-state index in [2.05, 4.69) is 15.9 Å². The smallest absolute Gasteiger partial charge is 0.303 e. The molecule has 0 aliphatic rings. The molecule has 12 heavy (non-hydrogen) atoms. The molecule has 74 valence electrons. The highest BCUT2D eigenvalue weighted by Gasteiger charge is 2.32. The van der Waals surface area contributed by atoms with Gasteiger partial charge in [-0.25, -0.2) is 8.42 Å². The van der Waals surface area contributed by atoms with Crippen LogP contribution in [0.4, 0.5) is 8.78 Å². The van der Waals surface area contributed by atoms with E-state index >= 15 is 0 Å². The Morgan fingerprint density at radius 2 is 2.00 bits per heavy atom. The van der Waals surface area contributed by atoms with Gasteiger partial charge in [-0.15, -0.1) is 0 Å². The first-order valence-corrected chi connectivity index (χ1v) is 5.50. The maximum atomic E-state index is 12.3. The molecule has 0 aromatic heterocycles. The van der Waals surface area contributed by atoms with Crippen LogP contribution >= 0.6 is 15.9 Å². The lowest BCUT2D eigenvalue weighted by molar-refractivity contribution is 0.0529. The lowest BCUT2D eigenvalue weighted by Crippen LogP contribution is -2.21. The highest BCUT2D eigenvalue weighted by molar-refractivity contribution is 9.10. The van der Waals surface area contributed by atoms with Gasteiger partial charge in [-0.2, -0.15) is 8.78 Å². The second-order valence-corrected chi connectivity index (χ2v) is 5.07. The van der Waals surface area contributed by atoms with Crippen LogP contribution in [0.25, 0.3) is 0 Å². The Labute approximate surface area is 78.0 Å². The molecule has 0 radical (unpaired) electrons. The molecular weight excluding hydrogens is 258 g/mol. The van der Waals surface area contributed by atoms with Crippen LogP contribution in [-0.2, 0) is 10.1 Å². The maximum absolute atomic E-state index is 12.3. The summed E-state index contributed by atoms with van der Waals surface area (Å²) in [6, 6.07) is 0. The van der Waals surface area contributed by atoms with Gasteiger partial charge in [-0.1, -0.05) is 6.92 Å². The summed E-state index contributed by atoms with van der Waals surface area (Å²) in [7, 11) is -4.38. The third kappa shape index (κ3) is 5.84. The fourth-order valence-corrected chi connectivity index (χ4v) is 1.36. The third-order valence-corrected chi connectivity index (χ3v) is 2.88. The molecule has 0 aliphatic heterocycles. The van der Waals surface area contributed by atoms with E-state index in [0.717, 1.165) is 0 Å². The normalized spacial score (nSPS) is 16.1. The zero-order chi connectivity index (χ0) is 9.99. The topological polar surface area (TPSA) is 57.2 Å². The van der Waals surface area contributed by atoms with Crippen molar-refractivity contribution in [3.8, 4) is 0 Å². The van der Waals surface area contributed by atoms with Crippen LogP contribution < -0.4 is 0 Å². The van der Waals surface area contributed by atoms with Crippen LogP contribution in [0.5, 0.6) is 0 Å². The average Bonchev–Trinajstić information content (AvgIpc) is 1.78. The molecule has 1 unspecified atom stereocenters. The van der Waals surface area contributed by atoms with E-state index in [9.17, 15) is 21.8 Å². The Morgan fingerprint density at radius 1 is 1.58 bits per heavy atom. The van der Waals surface area contributed by atoms with Gasteiger partial charge < -0.3 is 4.55 Å². The fraction of sp³-hybridized carbons (Fsp3) is 1.00. The van der Waals surface area contributed by atoms with Gasteiger partial charge in [-0.3, -0.25) is 0 Å². The van der Waals surface area contributed by atoms with Crippen molar-refractivity contribution in [1.82, 2.24) is 0 Å². The van der Waals surface area contributed by atoms with Gasteiger partial charge >= 0.3 is 4.83 Å². The summed E-state index contributed by atoms with van der Waals surface area (Å²) in [6.45, 7) is 1.17. The Balaban J connectivity index is 3.97. The van der Waals surface area contributed by atoms with Gasteiger partial charge in [0.05, 0.1) is 10.1 Å². The van der Waals surface area contributed by atoms with E-state index in [4.69, 9.17) is 0 Å². The van der Waals surface area contributed by atoms with Crippen LogP contribution in [0.1, 0.15) is 13.3 Å². The fourth-order valence-electron chi connectivity index (χ4n) is 0.485. The Kier molecular flexibility index (Phi) is 4.05. The monoisotopic (exact) mass is 265 g/mol. The van der Waals surface area contributed by atoms with Crippen molar-refractivity contribution in [2.75, 3.05) is 5.75 Å². The molecule has 3 nitrogen and oxygen atoms in total. The lowest BCUT2D eigenvalue weighted by atomic mass is 10.1. The Hall–Kier alpha value is 0.250. The van der Waals surface area contributed by atoms with Crippen molar-refractivity contribution in [1.29, 1.82) is 0 Å². The van der Waals surface area contributed by atoms with Crippen LogP contribution in [0.3, 0.4) is 0 Å². The second-order valence-electron chi connectivity index (χ2n) is 2.49. The van der Waals surface area contributed by atoms with E-state index in [0.29, 0.717) is 0 Å². The summed E-state index contributed by atoms with van der Waals surface area (Å²) in [5, 5.41) is 0. The van der Waals surface area contributed by atoms with Crippen LogP contribution in [0.15, 0.2) is 0 Å². The predicted octanol–water partition coefficient (Wildman–Crippen LogP) is 1.55. The van der Waals surface area contributed by atoms with Gasteiger partial charge in [0.1, 0.15) is 0 Å². The summed E-state index contributed by atoms with van der Waals surface area (Å²) in [4.78, 5) is -3.11. The summed E-state index contributed by atoms with van der Waals surface area (Å²) in [5.74, 6) is -1.92. The minimum absolute atomic E-state index is 0.343. The van der Waals surface area contributed by atoms with Gasteiger partial charge in [-0.05, 0) is 22.4 Å².